The Morgan fingerprint density at radius 1 is 1.50 bits per heavy atom. The van der Waals surface area contributed by atoms with Gasteiger partial charge in [0.1, 0.15) is 0 Å². The standard InChI is InChI=1S/C15H21NO3S/c1-11(12-3-5-14(20-2)6-4-12)16-7-8-19-13(10-16)9-15(17)18/h3-6,11,13H,7-10H2,1-2H3,(H,17,18). The fourth-order valence-electron chi connectivity index (χ4n) is 2.51. The summed E-state index contributed by atoms with van der Waals surface area (Å²) < 4.78 is 5.52. The predicted molar refractivity (Wildman–Crippen MR) is 80.2 cm³/mol. The lowest BCUT2D eigenvalue weighted by Gasteiger charge is -2.36. The molecule has 2 unspecified atom stereocenters. The molecular formula is C15H21NO3S. The second-order valence-corrected chi connectivity index (χ2v) is 5.91. The second-order valence-electron chi connectivity index (χ2n) is 5.03. The summed E-state index contributed by atoms with van der Waals surface area (Å²) in [4.78, 5) is 14.3. The van der Waals surface area contributed by atoms with E-state index in [9.17, 15) is 4.79 Å². The van der Waals surface area contributed by atoms with Gasteiger partial charge in [0, 0.05) is 24.0 Å². The van der Waals surface area contributed by atoms with Crippen LogP contribution in [0.2, 0.25) is 0 Å². The van der Waals surface area contributed by atoms with E-state index in [0.29, 0.717) is 13.2 Å². The Bertz CT molecular complexity index is 449. The van der Waals surface area contributed by atoms with E-state index in [1.807, 2.05) is 0 Å². The van der Waals surface area contributed by atoms with Crippen LogP contribution in [0.4, 0.5) is 0 Å². The Labute approximate surface area is 124 Å². The van der Waals surface area contributed by atoms with Gasteiger partial charge in [0.05, 0.1) is 19.1 Å². The van der Waals surface area contributed by atoms with Gasteiger partial charge in [-0.15, -0.1) is 11.8 Å². The quantitative estimate of drug-likeness (QED) is 0.846. The average Bonchev–Trinajstić information content (AvgIpc) is 2.46. The number of nitrogens with zero attached hydrogens (tertiary/aromatic N) is 1. The molecule has 1 saturated heterocycles. The summed E-state index contributed by atoms with van der Waals surface area (Å²) in [7, 11) is 0. The molecule has 0 bridgehead atoms. The first-order valence-electron chi connectivity index (χ1n) is 6.81. The number of aliphatic carboxylic acids is 1. The topological polar surface area (TPSA) is 49.8 Å². The van der Waals surface area contributed by atoms with Crippen LogP contribution >= 0.6 is 11.8 Å². The third-order valence-corrected chi connectivity index (χ3v) is 4.46. The molecule has 5 heteroatoms. The summed E-state index contributed by atoms with van der Waals surface area (Å²) in [6.07, 6.45) is 1.94. The van der Waals surface area contributed by atoms with Crippen LogP contribution in [0.25, 0.3) is 0 Å². The monoisotopic (exact) mass is 295 g/mol. The van der Waals surface area contributed by atoms with Crippen molar-refractivity contribution >= 4 is 17.7 Å². The summed E-state index contributed by atoms with van der Waals surface area (Å²) in [5.74, 6) is -0.797. The number of carbonyl (C=O) groups is 1. The van der Waals surface area contributed by atoms with Crippen molar-refractivity contribution < 1.29 is 14.6 Å². The molecule has 0 aromatic heterocycles. The summed E-state index contributed by atoms with van der Waals surface area (Å²) in [6, 6.07) is 8.85. The van der Waals surface area contributed by atoms with Gasteiger partial charge >= 0.3 is 5.97 Å². The van der Waals surface area contributed by atoms with Gasteiger partial charge in [0.25, 0.3) is 0 Å². The molecule has 1 fully saturated rings. The summed E-state index contributed by atoms with van der Waals surface area (Å²) >= 11 is 1.73. The minimum Gasteiger partial charge on any atom is -0.481 e. The first-order valence-corrected chi connectivity index (χ1v) is 8.04. The number of rotatable bonds is 5. The van der Waals surface area contributed by atoms with Crippen LogP contribution in [0.5, 0.6) is 0 Å². The number of carboxylic acids is 1. The van der Waals surface area contributed by atoms with Gasteiger partial charge in [-0.1, -0.05) is 12.1 Å². The molecule has 1 aliphatic heterocycles. The van der Waals surface area contributed by atoms with Gasteiger partial charge in [-0.05, 0) is 30.9 Å². The molecular weight excluding hydrogens is 274 g/mol. The van der Waals surface area contributed by atoms with Crippen LogP contribution in [0, 0.1) is 0 Å². The second kappa shape index (κ2) is 7.11. The number of morpholine rings is 1. The van der Waals surface area contributed by atoms with E-state index in [1.165, 1.54) is 10.5 Å². The van der Waals surface area contributed by atoms with E-state index in [-0.39, 0.29) is 18.6 Å². The fraction of sp³-hybridized carbons (Fsp3) is 0.533. The van der Waals surface area contributed by atoms with Gasteiger partial charge in [0.15, 0.2) is 0 Å². The van der Waals surface area contributed by atoms with Crippen LogP contribution in [0.3, 0.4) is 0 Å². The summed E-state index contributed by atoms with van der Waals surface area (Å²) in [5, 5.41) is 8.86. The van der Waals surface area contributed by atoms with Gasteiger partial charge in [-0.3, -0.25) is 9.69 Å². The number of hydrogen-bond donors (Lipinski definition) is 1. The van der Waals surface area contributed by atoms with E-state index < -0.39 is 5.97 Å². The Kier molecular flexibility index (Phi) is 5.46. The molecule has 0 radical (unpaired) electrons. The van der Waals surface area contributed by atoms with Gasteiger partial charge in [-0.2, -0.15) is 0 Å². The largest absolute Gasteiger partial charge is 0.481 e. The van der Waals surface area contributed by atoms with Crippen molar-refractivity contribution in [1.82, 2.24) is 4.90 Å². The lowest BCUT2D eigenvalue weighted by molar-refractivity contribution is -0.142. The third-order valence-electron chi connectivity index (χ3n) is 3.72. The Balaban J connectivity index is 1.99. The van der Waals surface area contributed by atoms with Crippen molar-refractivity contribution in [2.75, 3.05) is 26.0 Å². The zero-order valence-electron chi connectivity index (χ0n) is 11.9. The molecule has 0 saturated carbocycles. The molecule has 1 N–H and O–H groups in total. The number of carboxylic acid groups (broad SMARTS) is 1. The van der Waals surface area contributed by atoms with Crippen molar-refractivity contribution in [2.45, 2.75) is 30.4 Å². The first kappa shape index (κ1) is 15.4. The molecule has 110 valence electrons. The van der Waals surface area contributed by atoms with E-state index >= 15 is 0 Å². The van der Waals surface area contributed by atoms with Crippen molar-refractivity contribution in [3.8, 4) is 0 Å². The summed E-state index contributed by atoms with van der Waals surface area (Å²) in [6.45, 7) is 4.29. The van der Waals surface area contributed by atoms with Crippen molar-refractivity contribution in [2.24, 2.45) is 0 Å². The van der Waals surface area contributed by atoms with Gasteiger partial charge < -0.3 is 9.84 Å². The van der Waals surface area contributed by atoms with E-state index in [2.05, 4.69) is 42.3 Å². The van der Waals surface area contributed by atoms with Gasteiger partial charge in [0.2, 0.25) is 0 Å². The highest BCUT2D eigenvalue weighted by Crippen LogP contribution is 2.25. The lowest BCUT2D eigenvalue weighted by atomic mass is 10.1. The Hall–Kier alpha value is -1.04. The molecule has 4 nitrogen and oxygen atoms in total. The molecule has 1 heterocycles. The molecule has 0 aliphatic carbocycles. The van der Waals surface area contributed by atoms with Crippen molar-refractivity contribution in [3.63, 3.8) is 0 Å². The Morgan fingerprint density at radius 3 is 2.80 bits per heavy atom. The highest BCUT2D eigenvalue weighted by molar-refractivity contribution is 7.98. The molecule has 2 atom stereocenters. The summed E-state index contributed by atoms with van der Waals surface area (Å²) in [5.41, 5.74) is 1.26. The molecule has 1 aliphatic rings. The fourth-order valence-corrected chi connectivity index (χ4v) is 2.91. The maximum absolute atomic E-state index is 10.8. The van der Waals surface area contributed by atoms with Crippen molar-refractivity contribution in [3.05, 3.63) is 29.8 Å². The zero-order valence-corrected chi connectivity index (χ0v) is 12.7. The first-order chi connectivity index (χ1) is 9.60. The number of thioether (sulfide) groups is 1. The maximum Gasteiger partial charge on any atom is 0.306 e. The van der Waals surface area contributed by atoms with Crippen LogP contribution in [0.15, 0.2) is 29.2 Å². The average molecular weight is 295 g/mol. The highest BCUT2D eigenvalue weighted by atomic mass is 32.2. The third kappa shape index (κ3) is 3.98. The Morgan fingerprint density at radius 2 is 2.20 bits per heavy atom. The lowest BCUT2D eigenvalue weighted by Crippen LogP contribution is -2.44. The van der Waals surface area contributed by atoms with Crippen LogP contribution in [-0.4, -0.2) is 48.0 Å². The normalized spacial score (nSPS) is 21.6. The van der Waals surface area contributed by atoms with E-state index in [1.54, 1.807) is 11.8 Å². The minimum absolute atomic E-state index is 0.0780. The van der Waals surface area contributed by atoms with E-state index in [0.717, 1.165) is 6.54 Å². The van der Waals surface area contributed by atoms with Gasteiger partial charge in [-0.25, -0.2) is 0 Å². The van der Waals surface area contributed by atoms with Crippen molar-refractivity contribution in [1.29, 1.82) is 0 Å². The predicted octanol–water partition coefficient (Wildman–Crippen LogP) is 2.65. The number of hydrogen-bond acceptors (Lipinski definition) is 4. The molecule has 0 spiro atoms. The smallest absolute Gasteiger partial charge is 0.306 e. The maximum atomic E-state index is 10.8. The van der Waals surface area contributed by atoms with Crippen LogP contribution in [0.1, 0.15) is 24.9 Å². The van der Waals surface area contributed by atoms with Crippen LogP contribution < -0.4 is 0 Å². The van der Waals surface area contributed by atoms with E-state index in [4.69, 9.17) is 9.84 Å². The molecule has 1 aromatic rings. The SMILES string of the molecule is CSc1ccc(C(C)N2CCOC(CC(=O)O)C2)cc1. The minimum atomic E-state index is -0.797. The molecule has 0 amide bonds. The van der Waals surface area contributed by atoms with Crippen LogP contribution in [-0.2, 0) is 9.53 Å². The molecule has 1 aromatic carbocycles. The zero-order chi connectivity index (χ0) is 14.5. The molecule has 2 rings (SSSR count). The highest BCUT2D eigenvalue weighted by Gasteiger charge is 2.26. The number of ether oxygens (including phenoxy) is 1. The molecule has 20 heavy (non-hydrogen) atoms. The number of benzene rings is 1.